The van der Waals surface area contributed by atoms with Crippen molar-refractivity contribution < 1.29 is 67.3 Å². The van der Waals surface area contributed by atoms with Crippen LogP contribution < -0.4 is 60.9 Å². The maximum Gasteiger partial charge on any atom is 0.265 e. The highest BCUT2D eigenvalue weighted by Gasteiger charge is 2.43. The van der Waals surface area contributed by atoms with Crippen molar-refractivity contribution in [2.24, 2.45) is 5.92 Å². The molecule has 0 radical (unpaired) electrons. The first-order valence-corrected chi connectivity index (χ1v) is 25.8. The fourth-order valence-corrected chi connectivity index (χ4v) is 9.89. The Morgan fingerprint density at radius 2 is 1.32 bits per heavy atom. The Labute approximate surface area is 463 Å². The molecule has 0 unspecified atom stereocenters. The number of nitrogens with one attached hydrogen (secondary N) is 6. The zero-order chi connectivity index (χ0) is 54.3. The number of allylic oxidation sites excluding steroid dienone is 4. The molecule has 17 heteroatoms. The van der Waals surface area contributed by atoms with Gasteiger partial charge in [-0.15, -0.1) is 0 Å². The summed E-state index contributed by atoms with van der Waals surface area (Å²) in [6.07, 6.45) is 9.74. The van der Waals surface area contributed by atoms with E-state index in [1.54, 1.807) is 42.5 Å². The minimum atomic E-state index is -1.10. The fraction of sp³-hybridized carbons (Fsp3) is 0.390. The molecule has 404 valence electrons. The third-order valence-electron chi connectivity index (χ3n) is 13.9. The second kappa shape index (κ2) is 27.7. The summed E-state index contributed by atoms with van der Waals surface area (Å²) in [6, 6.07) is 29.7. The first kappa shape index (κ1) is 59.9. The van der Waals surface area contributed by atoms with E-state index >= 15 is 0 Å². The average Bonchev–Trinajstić information content (AvgIpc) is 3.75. The van der Waals surface area contributed by atoms with Crippen LogP contribution in [0.3, 0.4) is 0 Å². The van der Waals surface area contributed by atoms with Gasteiger partial charge in [0.05, 0.1) is 18.5 Å². The second-order valence-electron chi connectivity index (χ2n) is 20.6. The lowest BCUT2D eigenvalue weighted by molar-refractivity contribution is -0.401. The number of hydroxylamine groups is 1. The van der Waals surface area contributed by atoms with Gasteiger partial charge >= 0.3 is 0 Å². The first-order chi connectivity index (χ1) is 35.8. The maximum absolute atomic E-state index is 13.6. The van der Waals surface area contributed by atoms with Crippen molar-refractivity contribution in [2.45, 2.75) is 109 Å². The minimum absolute atomic E-state index is 0. The van der Waals surface area contributed by atoms with Crippen LogP contribution in [0.1, 0.15) is 124 Å². The molecule has 0 bridgehead atoms. The largest absolute Gasteiger partial charge is 1.00 e. The summed E-state index contributed by atoms with van der Waals surface area (Å²) < 4.78 is 2.27. The molecule has 2 atom stereocenters. The van der Waals surface area contributed by atoms with Crippen molar-refractivity contribution in [1.82, 2.24) is 32.1 Å². The Bertz CT molecular complexity index is 2840. The summed E-state index contributed by atoms with van der Waals surface area (Å²) in [7, 11) is 2.12. The van der Waals surface area contributed by atoms with E-state index in [9.17, 15) is 33.6 Å². The highest BCUT2D eigenvalue weighted by atomic mass is 127. The number of fused-ring (bicyclic) bond motifs is 2. The lowest BCUT2D eigenvalue weighted by Crippen LogP contribution is -3.00. The van der Waals surface area contributed by atoms with E-state index in [4.69, 9.17) is 5.21 Å². The van der Waals surface area contributed by atoms with Crippen molar-refractivity contribution >= 4 is 58.3 Å². The molecular weight excluding hydrogens is 1080 g/mol. The molecule has 4 aromatic carbocycles. The summed E-state index contributed by atoms with van der Waals surface area (Å²) in [4.78, 5) is 93.2. The number of carbonyl (C=O) groups excluding carboxylic acids is 7. The molecule has 6 amide bonds. The van der Waals surface area contributed by atoms with Gasteiger partial charge in [-0.2, -0.15) is 4.58 Å². The number of hydrogen-bond acceptors (Lipinski definition) is 9. The summed E-state index contributed by atoms with van der Waals surface area (Å²) in [5, 5.41) is 22.2. The third kappa shape index (κ3) is 15.3. The normalized spacial score (nSPS) is 15.3. The van der Waals surface area contributed by atoms with E-state index in [0.29, 0.717) is 37.8 Å². The van der Waals surface area contributed by atoms with Crippen molar-refractivity contribution in [3.8, 4) is 0 Å². The Morgan fingerprint density at radius 3 is 2.03 bits per heavy atom. The minimum Gasteiger partial charge on any atom is -1.00 e. The lowest BCUT2D eigenvalue weighted by Gasteiger charge is -2.27. The predicted octanol–water partition coefficient (Wildman–Crippen LogP) is 3.69. The number of amides is 6. The molecular formula is C59H73IN8O8. The Balaban J connectivity index is 0.0000107. The van der Waals surface area contributed by atoms with Crippen LogP contribution in [0.2, 0.25) is 0 Å². The van der Waals surface area contributed by atoms with Gasteiger partial charge in [-0.1, -0.05) is 113 Å². The number of nitrogens with zero attached hydrogens (tertiary/aromatic N) is 2. The fourth-order valence-electron chi connectivity index (χ4n) is 9.89. The molecule has 4 aromatic rings. The van der Waals surface area contributed by atoms with E-state index in [1.165, 1.54) is 51.5 Å². The molecule has 7 N–H and O–H groups in total. The molecule has 2 aliphatic rings. The van der Waals surface area contributed by atoms with Gasteiger partial charge in [0, 0.05) is 70.7 Å². The molecule has 0 aromatic heterocycles. The van der Waals surface area contributed by atoms with Gasteiger partial charge < -0.3 is 55.5 Å². The molecule has 0 saturated heterocycles. The molecule has 2 heterocycles. The summed E-state index contributed by atoms with van der Waals surface area (Å²) in [6.45, 7) is 12.8. The lowest BCUT2D eigenvalue weighted by atomic mass is 9.81. The van der Waals surface area contributed by atoms with E-state index in [0.717, 1.165) is 13.0 Å². The van der Waals surface area contributed by atoms with E-state index < -0.39 is 54.7 Å². The van der Waals surface area contributed by atoms with Gasteiger partial charge in [-0.25, -0.2) is 5.48 Å². The first-order valence-electron chi connectivity index (χ1n) is 25.8. The van der Waals surface area contributed by atoms with Crippen molar-refractivity contribution in [1.29, 1.82) is 0 Å². The molecule has 0 spiro atoms. The topological polar surface area (TPSA) is 218 Å². The molecule has 16 nitrogen and oxygen atoms in total. The quantitative estimate of drug-likeness (QED) is 0.0129. The van der Waals surface area contributed by atoms with Crippen LogP contribution in [-0.2, 0) is 34.8 Å². The monoisotopic (exact) mass is 1150 g/mol. The standard InChI is InChI=1S/C59H72N8O8.HI/c1-39(2)35-46(57(74)65-75)63-53(70)38-61-52(69)37-62-56(73)45(64-55(72)42-24-19-23-41(36-42)54(71)40-21-9-8-10-22-40)27-15-17-33-60-51(68)32-16-18-34-67-48-29-14-12-26-44(48)59(5,6)50(67)31-20-30-49-58(3,4)43-25-11-13-28-47(43)66(49)7;/h8-14,19-26,28-31,36,39,45-46H,15-18,27,32-35,37-38H2,1-7H3,(H6-,60,61,62,63,64,65,68,69,70,72,73,74,75);1H/t45-,46-;/m0./s1. The highest BCUT2D eigenvalue weighted by Crippen LogP contribution is 2.48. The van der Waals surface area contributed by atoms with E-state index in [1.807, 2.05) is 13.8 Å². The Kier molecular flexibility index (Phi) is 21.8. The van der Waals surface area contributed by atoms with Gasteiger partial charge in [0.2, 0.25) is 29.3 Å². The number of unbranched alkanes of at least 4 members (excludes halogenated alkanes) is 2. The van der Waals surface area contributed by atoms with Gasteiger partial charge in [0.25, 0.3) is 11.8 Å². The third-order valence-corrected chi connectivity index (χ3v) is 13.9. The van der Waals surface area contributed by atoms with Crippen LogP contribution in [0.5, 0.6) is 0 Å². The number of para-hydroxylation sites is 2. The van der Waals surface area contributed by atoms with Crippen LogP contribution in [0.15, 0.2) is 127 Å². The number of benzene rings is 4. The van der Waals surface area contributed by atoms with Crippen molar-refractivity contribution in [3.05, 3.63) is 155 Å². The van der Waals surface area contributed by atoms with Gasteiger partial charge in [-0.3, -0.25) is 38.8 Å². The van der Waals surface area contributed by atoms with E-state index in [-0.39, 0.29) is 76.4 Å². The number of anilines is 1. The van der Waals surface area contributed by atoms with Crippen molar-refractivity contribution in [2.75, 3.05) is 38.1 Å². The van der Waals surface area contributed by atoms with Crippen LogP contribution in [0.4, 0.5) is 11.4 Å². The zero-order valence-electron chi connectivity index (χ0n) is 44.6. The molecule has 0 fully saturated rings. The molecule has 76 heavy (non-hydrogen) atoms. The average molecular weight is 1150 g/mol. The van der Waals surface area contributed by atoms with Gasteiger partial charge in [0.15, 0.2) is 11.5 Å². The van der Waals surface area contributed by atoms with E-state index in [2.05, 4.69) is 138 Å². The molecule has 2 aliphatic heterocycles. The van der Waals surface area contributed by atoms with Crippen LogP contribution >= 0.6 is 0 Å². The van der Waals surface area contributed by atoms with Crippen LogP contribution in [-0.4, -0.2) is 102 Å². The van der Waals surface area contributed by atoms with Crippen molar-refractivity contribution in [3.63, 3.8) is 0 Å². The molecule has 6 rings (SSSR count). The summed E-state index contributed by atoms with van der Waals surface area (Å²) >= 11 is 0. The summed E-state index contributed by atoms with van der Waals surface area (Å²) in [5.41, 5.74) is 9.44. The summed E-state index contributed by atoms with van der Waals surface area (Å²) in [5.74, 6) is -3.79. The van der Waals surface area contributed by atoms with Gasteiger partial charge in [0.1, 0.15) is 19.1 Å². The number of halogens is 1. The maximum atomic E-state index is 13.6. The van der Waals surface area contributed by atoms with Gasteiger partial charge in [-0.05, 0) is 88.1 Å². The predicted molar refractivity (Wildman–Crippen MR) is 290 cm³/mol. The second-order valence-corrected chi connectivity index (χ2v) is 20.6. The number of carbonyl (C=O) groups is 7. The van der Waals surface area contributed by atoms with Crippen LogP contribution in [0.25, 0.3) is 0 Å². The van der Waals surface area contributed by atoms with Crippen LogP contribution in [0, 0.1) is 5.92 Å². The molecule has 0 aliphatic carbocycles. The number of hydrogen-bond donors (Lipinski definition) is 7. The number of rotatable bonds is 25. The Morgan fingerprint density at radius 1 is 0.658 bits per heavy atom. The SMILES string of the molecule is CC(C)C[C@H](NC(=O)CNC(=O)CNC(=O)[C@H](CCCCNC(=O)CCCCN1/C(=C/C=C/C2=[N+](C)c3ccccc3C2(C)C)C(C)(C)c2ccccc21)NC(=O)c1cccc(C(=O)c2ccccc2)c1)C(=O)NO.[I-]. The smallest absolute Gasteiger partial charge is 0.265 e. The number of ketones is 1. The Hall–Kier alpha value is -6.99. The highest BCUT2D eigenvalue weighted by molar-refractivity contribution is 6.10. The zero-order valence-corrected chi connectivity index (χ0v) is 46.8. The molecule has 0 saturated carbocycles.